The van der Waals surface area contributed by atoms with Crippen molar-refractivity contribution in [1.82, 2.24) is 5.32 Å². The van der Waals surface area contributed by atoms with Gasteiger partial charge in [-0.05, 0) is 44.9 Å². The third-order valence-electron chi connectivity index (χ3n) is 9.60. The number of rotatable bonds is 38. The molecule has 0 fully saturated rings. The summed E-state index contributed by atoms with van der Waals surface area (Å²) in [5, 5.41) is 32.9. The Morgan fingerprint density at radius 3 is 1.36 bits per heavy atom. The van der Waals surface area contributed by atoms with Crippen molar-refractivity contribution < 1.29 is 20.1 Å². The number of aliphatic hydroxyl groups is 3. The number of unbranched alkanes of at least 4 members (excludes halogenated alkanes) is 25. The second kappa shape index (κ2) is 40.1. The minimum Gasteiger partial charge on any atom is -0.394 e. The lowest BCUT2D eigenvalue weighted by atomic mass is 10.0. The molecular formula is C45H83NO4. The van der Waals surface area contributed by atoms with Crippen molar-refractivity contribution in [3.63, 3.8) is 0 Å². The smallest absolute Gasteiger partial charge is 0.223 e. The van der Waals surface area contributed by atoms with E-state index in [1.54, 1.807) is 12.2 Å². The molecule has 4 N–H and O–H groups in total. The molecule has 5 heteroatoms. The Labute approximate surface area is 310 Å². The number of carbonyl (C=O) groups excluding carboxylic acids is 1. The van der Waals surface area contributed by atoms with E-state index in [0.717, 1.165) is 32.1 Å². The SMILES string of the molecule is CCCCCCCC/C=C\C/C=C\C(O)CC(=O)NC(CO)C(O)/C=C/CC/C=C/CCCCCCCCCCCCCCCCCCCC. The van der Waals surface area contributed by atoms with Gasteiger partial charge >= 0.3 is 0 Å². The van der Waals surface area contributed by atoms with Gasteiger partial charge in [0.1, 0.15) is 0 Å². The maximum Gasteiger partial charge on any atom is 0.223 e. The zero-order chi connectivity index (χ0) is 36.6. The molecule has 0 aliphatic heterocycles. The Balaban J connectivity index is 3.74. The number of amides is 1. The van der Waals surface area contributed by atoms with Crippen LogP contribution >= 0.6 is 0 Å². The van der Waals surface area contributed by atoms with Crippen LogP contribution in [0.3, 0.4) is 0 Å². The monoisotopic (exact) mass is 702 g/mol. The molecule has 0 saturated carbocycles. The van der Waals surface area contributed by atoms with E-state index in [0.29, 0.717) is 0 Å². The lowest BCUT2D eigenvalue weighted by molar-refractivity contribution is -0.124. The molecule has 0 aliphatic rings. The van der Waals surface area contributed by atoms with E-state index in [-0.39, 0.29) is 13.0 Å². The van der Waals surface area contributed by atoms with Crippen molar-refractivity contribution in [3.05, 3.63) is 48.6 Å². The molecule has 0 spiro atoms. The molecule has 1 amide bonds. The van der Waals surface area contributed by atoms with Crippen LogP contribution in [0.2, 0.25) is 0 Å². The summed E-state index contributed by atoms with van der Waals surface area (Å²) in [6, 6.07) is -0.792. The highest BCUT2D eigenvalue weighted by Crippen LogP contribution is 2.15. The fraction of sp³-hybridized carbons (Fsp3) is 0.800. The van der Waals surface area contributed by atoms with Crippen LogP contribution in [0, 0.1) is 0 Å². The highest BCUT2D eigenvalue weighted by Gasteiger charge is 2.19. The van der Waals surface area contributed by atoms with Crippen molar-refractivity contribution in [3.8, 4) is 0 Å². The number of hydrogen-bond donors (Lipinski definition) is 4. The van der Waals surface area contributed by atoms with Gasteiger partial charge in [-0.3, -0.25) is 4.79 Å². The quantitative estimate of drug-likeness (QED) is 0.0381. The van der Waals surface area contributed by atoms with Gasteiger partial charge in [-0.2, -0.15) is 0 Å². The first-order valence-electron chi connectivity index (χ1n) is 21.4. The van der Waals surface area contributed by atoms with Gasteiger partial charge in [0.2, 0.25) is 5.91 Å². The molecule has 0 aromatic heterocycles. The zero-order valence-corrected chi connectivity index (χ0v) is 33.0. The van der Waals surface area contributed by atoms with Gasteiger partial charge in [-0.15, -0.1) is 0 Å². The van der Waals surface area contributed by atoms with Gasteiger partial charge < -0.3 is 20.6 Å². The largest absolute Gasteiger partial charge is 0.394 e. The summed E-state index contributed by atoms with van der Waals surface area (Å²) in [5.41, 5.74) is 0. The molecule has 3 atom stereocenters. The molecule has 50 heavy (non-hydrogen) atoms. The fourth-order valence-corrected chi connectivity index (χ4v) is 6.30. The highest BCUT2D eigenvalue weighted by atomic mass is 16.3. The molecule has 0 saturated heterocycles. The number of carbonyl (C=O) groups is 1. The normalized spacial score (nSPS) is 14.1. The van der Waals surface area contributed by atoms with Crippen LogP contribution < -0.4 is 5.32 Å². The Morgan fingerprint density at radius 1 is 0.500 bits per heavy atom. The molecule has 5 nitrogen and oxygen atoms in total. The molecule has 0 aromatic carbocycles. The van der Waals surface area contributed by atoms with Gasteiger partial charge in [0.05, 0.1) is 31.3 Å². The zero-order valence-electron chi connectivity index (χ0n) is 33.0. The number of hydrogen-bond acceptors (Lipinski definition) is 4. The topological polar surface area (TPSA) is 89.8 Å². The first kappa shape index (κ1) is 48.3. The molecule has 0 bridgehead atoms. The van der Waals surface area contributed by atoms with E-state index >= 15 is 0 Å². The second-order valence-corrected chi connectivity index (χ2v) is 14.6. The van der Waals surface area contributed by atoms with E-state index in [1.807, 2.05) is 12.2 Å². The predicted octanol–water partition coefficient (Wildman–Crippen LogP) is 12.2. The Bertz CT molecular complexity index is 820. The van der Waals surface area contributed by atoms with Gasteiger partial charge in [-0.25, -0.2) is 0 Å². The van der Waals surface area contributed by atoms with Crippen molar-refractivity contribution in [2.45, 2.75) is 225 Å². The molecule has 0 aliphatic carbocycles. The summed E-state index contributed by atoms with van der Waals surface area (Å²) in [5.74, 6) is -0.394. The van der Waals surface area contributed by atoms with E-state index in [2.05, 4.69) is 43.5 Å². The highest BCUT2D eigenvalue weighted by molar-refractivity contribution is 5.77. The molecule has 3 unspecified atom stereocenters. The van der Waals surface area contributed by atoms with Gasteiger partial charge in [0.15, 0.2) is 0 Å². The van der Waals surface area contributed by atoms with E-state index in [9.17, 15) is 20.1 Å². The third-order valence-corrected chi connectivity index (χ3v) is 9.60. The van der Waals surface area contributed by atoms with Gasteiger partial charge in [-0.1, -0.05) is 204 Å². The van der Waals surface area contributed by atoms with Gasteiger partial charge in [0.25, 0.3) is 0 Å². The lowest BCUT2D eigenvalue weighted by Gasteiger charge is -2.20. The molecular weight excluding hydrogens is 618 g/mol. The van der Waals surface area contributed by atoms with Crippen molar-refractivity contribution in [2.75, 3.05) is 6.61 Å². The second-order valence-electron chi connectivity index (χ2n) is 14.6. The maximum atomic E-state index is 12.3. The van der Waals surface area contributed by atoms with Crippen molar-refractivity contribution >= 4 is 5.91 Å². The Morgan fingerprint density at radius 2 is 0.900 bits per heavy atom. The number of aliphatic hydroxyl groups excluding tert-OH is 3. The average Bonchev–Trinajstić information content (AvgIpc) is 3.11. The molecule has 0 heterocycles. The standard InChI is InChI=1S/C45H83NO4/c1-3-5-7-9-11-13-15-16-17-18-19-20-21-22-23-24-25-26-27-29-31-33-35-37-39-44(49)43(41-47)46-45(50)40-42(48)38-36-34-32-30-28-14-12-10-8-6-4-2/h29-32,36-39,42-44,47-49H,3-28,33-35,40-41H2,1-2H3,(H,46,50)/b31-29+,32-30-,38-36-,39-37+. The first-order chi connectivity index (χ1) is 24.5. The molecule has 0 radical (unpaired) electrons. The summed E-state index contributed by atoms with van der Waals surface area (Å²) in [4.78, 5) is 12.3. The Kier molecular flexibility index (Phi) is 38.7. The van der Waals surface area contributed by atoms with Crippen LogP contribution in [0.25, 0.3) is 0 Å². The van der Waals surface area contributed by atoms with Crippen LogP contribution in [-0.4, -0.2) is 46.1 Å². The van der Waals surface area contributed by atoms with Crippen molar-refractivity contribution in [2.24, 2.45) is 0 Å². The van der Waals surface area contributed by atoms with E-state index in [4.69, 9.17) is 0 Å². The summed E-state index contributed by atoms with van der Waals surface area (Å²) in [7, 11) is 0. The minimum atomic E-state index is -0.975. The fourth-order valence-electron chi connectivity index (χ4n) is 6.30. The average molecular weight is 702 g/mol. The predicted molar refractivity (Wildman–Crippen MR) is 217 cm³/mol. The van der Waals surface area contributed by atoms with Gasteiger partial charge in [0, 0.05) is 0 Å². The van der Waals surface area contributed by atoms with E-state index < -0.39 is 24.2 Å². The van der Waals surface area contributed by atoms with Crippen LogP contribution in [0.4, 0.5) is 0 Å². The van der Waals surface area contributed by atoms with E-state index in [1.165, 1.54) is 154 Å². The third kappa shape index (κ3) is 36.1. The maximum absolute atomic E-state index is 12.3. The van der Waals surface area contributed by atoms with Crippen LogP contribution in [0.1, 0.15) is 206 Å². The summed E-state index contributed by atoms with van der Waals surface area (Å²) < 4.78 is 0. The number of nitrogens with one attached hydrogen (secondary N) is 1. The first-order valence-corrected chi connectivity index (χ1v) is 21.4. The molecule has 0 aromatic rings. The van der Waals surface area contributed by atoms with Crippen molar-refractivity contribution in [1.29, 1.82) is 0 Å². The summed E-state index contributed by atoms with van der Waals surface area (Å²) in [6.07, 6.45) is 51.4. The Hall–Kier alpha value is -1.69. The van der Waals surface area contributed by atoms with Crippen LogP contribution in [-0.2, 0) is 4.79 Å². The summed E-state index contributed by atoms with van der Waals surface area (Å²) >= 11 is 0. The molecule has 0 rings (SSSR count). The number of allylic oxidation sites excluding steroid dienone is 6. The minimum absolute atomic E-state index is 0.102. The van der Waals surface area contributed by atoms with Crippen LogP contribution in [0.15, 0.2) is 48.6 Å². The summed E-state index contributed by atoms with van der Waals surface area (Å²) in [6.45, 7) is 4.15. The lowest BCUT2D eigenvalue weighted by Crippen LogP contribution is -2.45. The molecule has 292 valence electrons. The van der Waals surface area contributed by atoms with Crippen LogP contribution in [0.5, 0.6) is 0 Å².